The standard InChI is InChI=1S/C11H15N3O3/c1-3-7(2)13-11(15)8-5-4-6-9(12)10(8)14(16)17/h4-7H,3,12H2,1-2H3,(H,13,15). The fourth-order valence-electron chi connectivity index (χ4n) is 1.35. The Hall–Kier alpha value is -2.11. The first kappa shape index (κ1) is 13.0. The van der Waals surface area contributed by atoms with Gasteiger partial charge in [0.2, 0.25) is 0 Å². The molecule has 0 fully saturated rings. The number of benzene rings is 1. The largest absolute Gasteiger partial charge is 0.393 e. The van der Waals surface area contributed by atoms with Crippen LogP contribution in [0.4, 0.5) is 11.4 Å². The summed E-state index contributed by atoms with van der Waals surface area (Å²) in [7, 11) is 0. The minimum absolute atomic E-state index is 0.00435. The molecule has 3 N–H and O–H groups in total. The van der Waals surface area contributed by atoms with E-state index in [1.165, 1.54) is 18.2 Å². The van der Waals surface area contributed by atoms with Crippen LogP contribution in [0.15, 0.2) is 18.2 Å². The summed E-state index contributed by atoms with van der Waals surface area (Å²) >= 11 is 0. The number of amides is 1. The molecule has 0 saturated carbocycles. The third-order valence-corrected chi connectivity index (χ3v) is 2.48. The van der Waals surface area contributed by atoms with Crippen LogP contribution in [-0.4, -0.2) is 16.9 Å². The molecule has 92 valence electrons. The Balaban J connectivity index is 3.09. The summed E-state index contributed by atoms with van der Waals surface area (Å²) in [6.45, 7) is 3.74. The number of nitrogens with two attached hydrogens (primary N) is 1. The van der Waals surface area contributed by atoms with Gasteiger partial charge in [0.05, 0.1) is 4.92 Å². The molecule has 17 heavy (non-hydrogen) atoms. The molecule has 0 aliphatic rings. The molecule has 0 saturated heterocycles. The van der Waals surface area contributed by atoms with Crippen LogP contribution < -0.4 is 11.1 Å². The van der Waals surface area contributed by atoms with E-state index in [-0.39, 0.29) is 23.0 Å². The Kier molecular flexibility index (Phi) is 4.03. The van der Waals surface area contributed by atoms with Crippen LogP contribution >= 0.6 is 0 Å². The number of hydrogen-bond acceptors (Lipinski definition) is 4. The van der Waals surface area contributed by atoms with Gasteiger partial charge in [-0.05, 0) is 25.5 Å². The normalized spacial score (nSPS) is 11.9. The molecule has 1 aromatic rings. The molecule has 1 rings (SSSR count). The Morgan fingerprint density at radius 2 is 2.24 bits per heavy atom. The van der Waals surface area contributed by atoms with Gasteiger partial charge in [-0.15, -0.1) is 0 Å². The number of hydrogen-bond donors (Lipinski definition) is 2. The molecule has 0 spiro atoms. The molecule has 0 aliphatic carbocycles. The molecule has 1 aromatic carbocycles. The van der Waals surface area contributed by atoms with Gasteiger partial charge in [-0.3, -0.25) is 14.9 Å². The highest BCUT2D eigenvalue weighted by molar-refractivity contribution is 6.00. The topological polar surface area (TPSA) is 98.3 Å². The van der Waals surface area contributed by atoms with E-state index in [2.05, 4.69) is 5.32 Å². The maximum atomic E-state index is 11.8. The first-order valence-corrected chi connectivity index (χ1v) is 5.31. The Morgan fingerprint density at radius 1 is 1.59 bits per heavy atom. The van der Waals surface area contributed by atoms with Gasteiger partial charge in [0.1, 0.15) is 11.3 Å². The minimum Gasteiger partial charge on any atom is -0.393 e. The molecule has 1 atom stereocenters. The number of rotatable bonds is 4. The fraction of sp³-hybridized carbons (Fsp3) is 0.364. The Morgan fingerprint density at radius 3 is 2.76 bits per heavy atom. The van der Waals surface area contributed by atoms with E-state index in [1.54, 1.807) is 0 Å². The zero-order valence-electron chi connectivity index (χ0n) is 9.77. The van der Waals surface area contributed by atoms with Crippen molar-refractivity contribution in [2.75, 3.05) is 5.73 Å². The second kappa shape index (κ2) is 5.29. The van der Waals surface area contributed by atoms with E-state index in [4.69, 9.17) is 5.73 Å². The number of anilines is 1. The SMILES string of the molecule is CCC(C)NC(=O)c1cccc(N)c1[N+](=O)[O-]. The molecule has 1 unspecified atom stereocenters. The number of para-hydroxylation sites is 1. The number of nitrogens with zero attached hydrogens (tertiary/aromatic N) is 1. The number of carbonyl (C=O) groups excluding carboxylic acids is 1. The predicted octanol–water partition coefficient (Wildman–Crippen LogP) is 1.71. The fourth-order valence-corrected chi connectivity index (χ4v) is 1.35. The third kappa shape index (κ3) is 2.93. The average molecular weight is 237 g/mol. The number of nitrogen functional groups attached to an aromatic ring is 1. The summed E-state index contributed by atoms with van der Waals surface area (Å²) in [6.07, 6.45) is 0.752. The summed E-state index contributed by atoms with van der Waals surface area (Å²) in [5, 5.41) is 13.5. The van der Waals surface area contributed by atoms with Crippen molar-refractivity contribution in [2.45, 2.75) is 26.3 Å². The smallest absolute Gasteiger partial charge is 0.304 e. The molecule has 0 bridgehead atoms. The monoisotopic (exact) mass is 237 g/mol. The van der Waals surface area contributed by atoms with Crippen LogP contribution in [0, 0.1) is 10.1 Å². The van der Waals surface area contributed by atoms with E-state index in [1.807, 2.05) is 13.8 Å². The van der Waals surface area contributed by atoms with Crippen molar-refractivity contribution in [3.05, 3.63) is 33.9 Å². The van der Waals surface area contributed by atoms with Crippen LogP contribution in [0.1, 0.15) is 30.6 Å². The number of nitrogens with one attached hydrogen (secondary N) is 1. The van der Waals surface area contributed by atoms with E-state index < -0.39 is 10.8 Å². The van der Waals surface area contributed by atoms with Gasteiger partial charge in [-0.25, -0.2) is 0 Å². The van der Waals surface area contributed by atoms with Crippen molar-refractivity contribution in [1.29, 1.82) is 0 Å². The average Bonchev–Trinajstić information content (AvgIpc) is 2.27. The lowest BCUT2D eigenvalue weighted by Crippen LogP contribution is -2.32. The van der Waals surface area contributed by atoms with E-state index >= 15 is 0 Å². The molecule has 0 radical (unpaired) electrons. The zero-order chi connectivity index (χ0) is 13.0. The molecule has 0 aliphatic heterocycles. The first-order chi connectivity index (χ1) is 7.97. The van der Waals surface area contributed by atoms with E-state index in [0.717, 1.165) is 6.42 Å². The van der Waals surface area contributed by atoms with E-state index in [9.17, 15) is 14.9 Å². The van der Waals surface area contributed by atoms with Crippen molar-refractivity contribution in [3.63, 3.8) is 0 Å². The molecule has 0 aromatic heterocycles. The van der Waals surface area contributed by atoms with Crippen LogP contribution in [-0.2, 0) is 0 Å². The number of nitro benzene ring substituents is 1. The van der Waals surface area contributed by atoms with Gasteiger partial charge >= 0.3 is 5.69 Å². The predicted molar refractivity (Wildman–Crippen MR) is 64.7 cm³/mol. The van der Waals surface area contributed by atoms with Crippen LogP contribution in [0.3, 0.4) is 0 Å². The van der Waals surface area contributed by atoms with Crippen molar-refractivity contribution < 1.29 is 9.72 Å². The Bertz CT molecular complexity index is 446. The second-order valence-electron chi connectivity index (χ2n) is 3.78. The quantitative estimate of drug-likeness (QED) is 0.473. The highest BCUT2D eigenvalue weighted by Crippen LogP contribution is 2.25. The highest BCUT2D eigenvalue weighted by atomic mass is 16.6. The van der Waals surface area contributed by atoms with Crippen molar-refractivity contribution in [3.8, 4) is 0 Å². The van der Waals surface area contributed by atoms with Gasteiger partial charge in [0.15, 0.2) is 0 Å². The van der Waals surface area contributed by atoms with E-state index in [0.29, 0.717) is 0 Å². The van der Waals surface area contributed by atoms with Crippen LogP contribution in [0.5, 0.6) is 0 Å². The summed E-state index contributed by atoms with van der Waals surface area (Å²) in [5.74, 6) is -0.474. The van der Waals surface area contributed by atoms with Crippen molar-refractivity contribution in [2.24, 2.45) is 0 Å². The maximum absolute atomic E-state index is 11.8. The van der Waals surface area contributed by atoms with Crippen LogP contribution in [0.2, 0.25) is 0 Å². The molecule has 0 heterocycles. The lowest BCUT2D eigenvalue weighted by Gasteiger charge is -2.11. The van der Waals surface area contributed by atoms with Crippen LogP contribution in [0.25, 0.3) is 0 Å². The summed E-state index contributed by atoms with van der Waals surface area (Å²) < 4.78 is 0. The van der Waals surface area contributed by atoms with Crippen molar-refractivity contribution in [1.82, 2.24) is 5.32 Å². The molecule has 6 heteroatoms. The number of carbonyl (C=O) groups is 1. The second-order valence-corrected chi connectivity index (χ2v) is 3.78. The summed E-state index contributed by atoms with van der Waals surface area (Å²) in [5.41, 5.74) is 5.15. The summed E-state index contributed by atoms with van der Waals surface area (Å²) in [4.78, 5) is 22.0. The maximum Gasteiger partial charge on any atom is 0.304 e. The van der Waals surface area contributed by atoms with Gasteiger partial charge in [-0.1, -0.05) is 13.0 Å². The molecule has 6 nitrogen and oxygen atoms in total. The van der Waals surface area contributed by atoms with Gasteiger partial charge < -0.3 is 11.1 Å². The Labute approximate surface area is 99.0 Å². The van der Waals surface area contributed by atoms with Gasteiger partial charge in [0, 0.05) is 6.04 Å². The van der Waals surface area contributed by atoms with Gasteiger partial charge in [-0.2, -0.15) is 0 Å². The van der Waals surface area contributed by atoms with Gasteiger partial charge in [0.25, 0.3) is 5.91 Å². The summed E-state index contributed by atoms with van der Waals surface area (Å²) in [6, 6.07) is 4.28. The highest BCUT2D eigenvalue weighted by Gasteiger charge is 2.23. The lowest BCUT2D eigenvalue weighted by atomic mass is 10.1. The minimum atomic E-state index is -0.638. The molecular weight excluding hydrogens is 222 g/mol. The zero-order valence-corrected chi connectivity index (χ0v) is 9.77. The molecular formula is C11H15N3O3. The lowest BCUT2D eigenvalue weighted by molar-refractivity contribution is -0.384. The molecule has 1 amide bonds. The van der Waals surface area contributed by atoms with Crippen molar-refractivity contribution >= 4 is 17.3 Å². The number of nitro groups is 1. The third-order valence-electron chi connectivity index (χ3n) is 2.48. The first-order valence-electron chi connectivity index (χ1n) is 5.31.